The van der Waals surface area contributed by atoms with Crippen LogP contribution in [0.4, 0.5) is 10.1 Å². The molecule has 0 unspecified atom stereocenters. The zero-order chi connectivity index (χ0) is 18.9. The van der Waals surface area contributed by atoms with Crippen LogP contribution < -0.4 is 5.32 Å². The number of aromatic nitrogens is 1. The summed E-state index contributed by atoms with van der Waals surface area (Å²) < 4.78 is 45.4. The van der Waals surface area contributed by atoms with Crippen molar-refractivity contribution in [2.45, 2.75) is 18.7 Å². The number of nitrogens with one attached hydrogen (secondary N) is 2. The van der Waals surface area contributed by atoms with Crippen LogP contribution in [0.1, 0.15) is 21.7 Å². The molecule has 0 radical (unpaired) electrons. The lowest BCUT2D eigenvalue weighted by atomic mass is 10.2. The van der Waals surface area contributed by atoms with E-state index in [0.29, 0.717) is 30.2 Å². The van der Waals surface area contributed by atoms with Gasteiger partial charge in [-0.2, -0.15) is 4.31 Å². The van der Waals surface area contributed by atoms with Crippen LogP contribution in [0.2, 0.25) is 0 Å². The molecule has 2 heterocycles. The number of amides is 1. The van der Waals surface area contributed by atoms with Crippen molar-refractivity contribution in [2.75, 3.05) is 31.6 Å². The fourth-order valence-electron chi connectivity index (χ4n) is 2.99. The molecule has 0 saturated carbocycles. The van der Waals surface area contributed by atoms with Crippen molar-refractivity contribution in [2.24, 2.45) is 0 Å². The summed E-state index contributed by atoms with van der Waals surface area (Å²) in [5.41, 5.74) is 1.34. The van der Waals surface area contributed by atoms with Gasteiger partial charge in [0.05, 0.1) is 13.2 Å². The maximum atomic E-state index is 13.0. The van der Waals surface area contributed by atoms with E-state index in [1.807, 2.05) is 0 Å². The Morgan fingerprint density at radius 3 is 2.42 bits per heavy atom. The summed E-state index contributed by atoms with van der Waals surface area (Å²) in [6.45, 7) is 4.47. The van der Waals surface area contributed by atoms with E-state index < -0.39 is 21.7 Å². The minimum atomic E-state index is -3.72. The van der Waals surface area contributed by atoms with E-state index in [1.54, 1.807) is 13.8 Å². The number of nitrogens with zero attached hydrogens (tertiary/aromatic N) is 1. The Labute approximate surface area is 151 Å². The standard InChI is InChI=1S/C17H20FN3O4S/c1-11-15(17(22)20-14-5-3-13(18)4-6-14)19-12(2)16(11)26(23,24)21-7-9-25-10-8-21/h3-6,19H,7-10H2,1-2H3,(H,20,22). The average Bonchev–Trinajstić information content (AvgIpc) is 2.93. The normalized spacial score (nSPS) is 15.8. The Balaban J connectivity index is 1.89. The summed E-state index contributed by atoms with van der Waals surface area (Å²) >= 11 is 0. The molecule has 1 fully saturated rings. The molecule has 1 saturated heterocycles. The van der Waals surface area contributed by atoms with Gasteiger partial charge in [0.1, 0.15) is 16.4 Å². The monoisotopic (exact) mass is 381 g/mol. The number of ether oxygens (including phenoxy) is 1. The first kappa shape index (κ1) is 18.6. The highest BCUT2D eigenvalue weighted by Crippen LogP contribution is 2.27. The third-order valence-corrected chi connectivity index (χ3v) is 6.44. The lowest BCUT2D eigenvalue weighted by Crippen LogP contribution is -2.40. The molecule has 0 spiro atoms. The molecule has 1 aliphatic heterocycles. The van der Waals surface area contributed by atoms with Gasteiger partial charge in [-0.25, -0.2) is 12.8 Å². The molecule has 26 heavy (non-hydrogen) atoms. The number of rotatable bonds is 4. The topological polar surface area (TPSA) is 91.5 Å². The number of benzene rings is 1. The minimum absolute atomic E-state index is 0.114. The van der Waals surface area contributed by atoms with Gasteiger partial charge in [-0.15, -0.1) is 0 Å². The molecule has 1 aliphatic rings. The van der Waals surface area contributed by atoms with Crippen molar-refractivity contribution in [3.63, 3.8) is 0 Å². The Morgan fingerprint density at radius 2 is 1.81 bits per heavy atom. The van der Waals surface area contributed by atoms with Crippen molar-refractivity contribution in [3.8, 4) is 0 Å². The summed E-state index contributed by atoms with van der Waals surface area (Å²) in [5.74, 6) is -0.894. The highest BCUT2D eigenvalue weighted by molar-refractivity contribution is 7.89. The third kappa shape index (κ3) is 3.50. The molecule has 140 valence electrons. The average molecular weight is 381 g/mol. The second-order valence-corrected chi connectivity index (χ2v) is 7.93. The van der Waals surface area contributed by atoms with Gasteiger partial charge in [0.2, 0.25) is 10.0 Å². The van der Waals surface area contributed by atoms with Gasteiger partial charge in [0, 0.05) is 24.5 Å². The first-order valence-electron chi connectivity index (χ1n) is 8.14. The quantitative estimate of drug-likeness (QED) is 0.848. The molecular weight excluding hydrogens is 361 g/mol. The lowest BCUT2D eigenvalue weighted by molar-refractivity contribution is 0.0730. The number of carbonyl (C=O) groups is 1. The van der Waals surface area contributed by atoms with Crippen LogP contribution in [0.5, 0.6) is 0 Å². The number of aryl methyl sites for hydroxylation is 1. The number of aromatic amines is 1. The highest BCUT2D eigenvalue weighted by atomic mass is 32.2. The van der Waals surface area contributed by atoms with Gasteiger partial charge in [0.25, 0.3) is 5.91 Å². The third-order valence-electron chi connectivity index (χ3n) is 4.27. The second kappa shape index (κ2) is 7.18. The molecule has 0 atom stereocenters. The smallest absolute Gasteiger partial charge is 0.272 e. The van der Waals surface area contributed by atoms with Crippen LogP contribution in [-0.2, 0) is 14.8 Å². The molecule has 1 aromatic heterocycles. The van der Waals surface area contributed by atoms with Gasteiger partial charge < -0.3 is 15.0 Å². The van der Waals surface area contributed by atoms with E-state index >= 15 is 0 Å². The number of anilines is 1. The Kier molecular flexibility index (Phi) is 5.12. The van der Waals surface area contributed by atoms with E-state index in [9.17, 15) is 17.6 Å². The first-order valence-corrected chi connectivity index (χ1v) is 9.58. The summed E-state index contributed by atoms with van der Waals surface area (Å²) in [7, 11) is -3.72. The van der Waals surface area contributed by atoms with Crippen LogP contribution in [0, 0.1) is 19.7 Å². The van der Waals surface area contributed by atoms with Gasteiger partial charge in [-0.3, -0.25) is 4.79 Å². The lowest BCUT2D eigenvalue weighted by Gasteiger charge is -2.26. The Morgan fingerprint density at radius 1 is 1.19 bits per heavy atom. The zero-order valence-corrected chi connectivity index (χ0v) is 15.3. The number of morpholine rings is 1. The predicted octanol–water partition coefficient (Wildman–Crippen LogP) is 2.04. The van der Waals surface area contributed by atoms with E-state index in [2.05, 4.69) is 10.3 Å². The van der Waals surface area contributed by atoms with E-state index in [4.69, 9.17) is 4.74 Å². The number of carbonyl (C=O) groups excluding carboxylic acids is 1. The van der Waals surface area contributed by atoms with Gasteiger partial charge in [-0.1, -0.05) is 0 Å². The van der Waals surface area contributed by atoms with Gasteiger partial charge in [-0.05, 0) is 43.7 Å². The fourth-order valence-corrected chi connectivity index (χ4v) is 4.80. The van der Waals surface area contributed by atoms with Crippen molar-refractivity contribution in [1.29, 1.82) is 0 Å². The molecule has 0 aliphatic carbocycles. The minimum Gasteiger partial charge on any atom is -0.379 e. The number of hydrogen-bond donors (Lipinski definition) is 2. The van der Waals surface area contributed by atoms with Crippen molar-refractivity contribution >= 4 is 21.6 Å². The molecule has 0 bridgehead atoms. The number of H-pyrrole nitrogens is 1. The number of sulfonamides is 1. The molecule has 9 heteroatoms. The second-order valence-electron chi connectivity index (χ2n) is 6.06. The molecule has 1 aromatic carbocycles. The van der Waals surface area contributed by atoms with Crippen molar-refractivity contribution in [1.82, 2.24) is 9.29 Å². The largest absolute Gasteiger partial charge is 0.379 e. The van der Waals surface area contributed by atoms with E-state index in [0.717, 1.165) is 0 Å². The SMILES string of the molecule is Cc1[nH]c(C(=O)Nc2ccc(F)cc2)c(C)c1S(=O)(=O)N1CCOCC1. The molecular formula is C17H20FN3O4S. The zero-order valence-electron chi connectivity index (χ0n) is 14.5. The van der Waals surface area contributed by atoms with Gasteiger partial charge >= 0.3 is 0 Å². The molecule has 2 N–H and O–H groups in total. The molecule has 7 nitrogen and oxygen atoms in total. The first-order chi connectivity index (χ1) is 12.3. The highest BCUT2D eigenvalue weighted by Gasteiger charge is 2.32. The van der Waals surface area contributed by atoms with Crippen LogP contribution in [0.3, 0.4) is 0 Å². The fraction of sp³-hybridized carbons (Fsp3) is 0.353. The van der Waals surface area contributed by atoms with Crippen molar-refractivity contribution in [3.05, 3.63) is 47.0 Å². The van der Waals surface area contributed by atoms with Crippen LogP contribution in [-0.4, -0.2) is 49.9 Å². The van der Waals surface area contributed by atoms with E-state index in [1.165, 1.54) is 28.6 Å². The number of hydrogen-bond acceptors (Lipinski definition) is 4. The molecule has 1 amide bonds. The maximum Gasteiger partial charge on any atom is 0.272 e. The summed E-state index contributed by atoms with van der Waals surface area (Å²) in [6.07, 6.45) is 0. The summed E-state index contributed by atoms with van der Waals surface area (Å²) in [4.78, 5) is 15.5. The predicted molar refractivity (Wildman–Crippen MR) is 94.2 cm³/mol. The van der Waals surface area contributed by atoms with Crippen LogP contribution in [0.25, 0.3) is 0 Å². The maximum absolute atomic E-state index is 13.0. The summed E-state index contributed by atoms with van der Waals surface area (Å²) in [5, 5.41) is 2.63. The molecule has 3 rings (SSSR count). The molecule has 2 aromatic rings. The Hall–Kier alpha value is -2.23. The number of halogens is 1. The van der Waals surface area contributed by atoms with Crippen LogP contribution in [0.15, 0.2) is 29.2 Å². The van der Waals surface area contributed by atoms with Crippen LogP contribution >= 0.6 is 0 Å². The van der Waals surface area contributed by atoms with E-state index in [-0.39, 0.29) is 23.7 Å². The van der Waals surface area contributed by atoms with Crippen molar-refractivity contribution < 1.29 is 22.3 Å². The Bertz CT molecular complexity index is 916. The summed E-state index contributed by atoms with van der Waals surface area (Å²) in [6, 6.07) is 5.33. The van der Waals surface area contributed by atoms with Gasteiger partial charge in [0.15, 0.2) is 0 Å².